The number of para-hydroxylation sites is 1. The molecule has 44 heavy (non-hydrogen) atoms. The molecule has 0 atom stereocenters. The first kappa shape index (κ1) is 25.1. The number of hydrogen-bond donors (Lipinski definition) is 0. The van der Waals surface area contributed by atoms with Crippen molar-refractivity contribution in [3.63, 3.8) is 0 Å². The second kappa shape index (κ2) is 9.30. The quantitative estimate of drug-likeness (QED) is 0.194. The summed E-state index contributed by atoms with van der Waals surface area (Å²) in [6.45, 7) is 4.71. The molecule has 1 heteroatoms. The lowest BCUT2D eigenvalue weighted by Gasteiger charge is -2.29. The average Bonchev–Trinajstić information content (AvgIpc) is 3.30. The molecule has 0 heterocycles. The van der Waals surface area contributed by atoms with Crippen molar-refractivity contribution < 1.29 is 0 Å². The van der Waals surface area contributed by atoms with E-state index < -0.39 is 0 Å². The van der Waals surface area contributed by atoms with Gasteiger partial charge in [-0.3, -0.25) is 0 Å². The summed E-state index contributed by atoms with van der Waals surface area (Å²) in [6.07, 6.45) is 0. The van der Waals surface area contributed by atoms with Crippen LogP contribution in [0.2, 0.25) is 0 Å². The molecule has 8 aromatic rings. The van der Waals surface area contributed by atoms with Gasteiger partial charge in [0.25, 0.3) is 0 Å². The van der Waals surface area contributed by atoms with Crippen LogP contribution in [0.15, 0.2) is 152 Å². The molecule has 0 bridgehead atoms. The minimum absolute atomic E-state index is 0.0685. The Morgan fingerprint density at radius 2 is 1.07 bits per heavy atom. The molecule has 0 amide bonds. The first-order valence-electron chi connectivity index (χ1n) is 15.5. The summed E-state index contributed by atoms with van der Waals surface area (Å²) in [5.74, 6) is 0. The van der Waals surface area contributed by atoms with Gasteiger partial charge < -0.3 is 4.90 Å². The van der Waals surface area contributed by atoms with Crippen molar-refractivity contribution >= 4 is 60.2 Å². The molecule has 8 aromatic carbocycles. The van der Waals surface area contributed by atoms with Crippen LogP contribution in [-0.4, -0.2) is 0 Å². The Kier molecular flexibility index (Phi) is 5.31. The Morgan fingerprint density at radius 3 is 1.95 bits per heavy atom. The van der Waals surface area contributed by atoms with E-state index in [2.05, 4.69) is 170 Å². The van der Waals surface area contributed by atoms with E-state index in [4.69, 9.17) is 0 Å². The highest BCUT2D eigenvalue weighted by atomic mass is 15.1. The zero-order valence-corrected chi connectivity index (χ0v) is 24.9. The molecular weight excluding hydrogens is 530 g/mol. The first-order valence-corrected chi connectivity index (χ1v) is 15.5. The number of rotatable bonds is 3. The van der Waals surface area contributed by atoms with Crippen LogP contribution in [0.25, 0.3) is 54.2 Å². The van der Waals surface area contributed by atoms with Gasteiger partial charge in [0.15, 0.2) is 0 Å². The van der Waals surface area contributed by atoms with Gasteiger partial charge in [-0.2, -0.15) is 0 Å². The molecule has 0 aliphatic heterocycles. The lowest BCUT2D eigenvalue weighted by molar-refractivity contribution is 0.660. The van der Waals surface area contributed by atoms with Crippen molar-refractivity contribution in [1.82, 2.24) is 0 Å². The highest BCUT2D eigenvalue weighted by molar-refractivity contribution is 6.26. The molecule has 0 saturated heterocycles. The number of hydrogen-bond acceptors (Lipinski definition) is 1. The van der Waals surface area contributed by atoms with Crippen LogP contribution in [0, 0.1) is 0 Å². The third-order valence-electron chi connectivity index (χ3n) is 9.82. The third-order valence-corrected chi connectivity index (χ3v) is 9.82. The Morgan fingerprint density at radius 1 is 0.409 bits per heavy atom. The normalized spacial score (nSPS) is 13.4. The van der Waals surface area contributed by atoms with Crippen LogP contribution in [0.3, 0.4) is 0 Å². The lowest BCUT2D eigenvalue weighted by atomic mass is 9.82. The van der Waals surface area contributed by atoms with Crippen LogP contribution in [0.4, 0.5) is 17.1 Å². The molecule has 9 rings (SSSR count). The minimum Gasteiger partial charge on any atom is -0.310 e. The summed E-state index contributed by atoms with van der Waals surface area (Å²) in [4.78, 5) is 2.44. The highest BCUT2D eigenvalue weighted by Gasteiger charge is 2.35. The fourth-order valence-corrected chi connectivity index (χ4v) is 7.69. The van der Waals surface area contributed by atoms with Gasteiger partial charge in [-0.1, -0.05) is 135 Å². The maximum Gasteiger partial charge on any atom is 0.0540 e. The summed E-state index contributed by atoms with van der Waals surface area (Å²) in [5, 5.41) is 10.3. The Bertz CT molecular complexity index is 2420. The minimum atomic E-state index is -0.0685. The molecular formula is C43H31N. The lowest BCUT2D eigenvalue weighted by Crippen LogP contribution is -2.16. The van der Waals surface area contributed by atoms with Crippen LogP contribution < -0.4 is 4.90 Å². The zero-order valence-electron chi connectivity index (χ0n) is 24.9. The summed E-state index contributed by atoms with van der Waals surface area (Å²) < 4.78 is 0. The van der Waals surface area contributed by atoms with Gasteiger partial charge >= 0.3 is 0 Å². The van der Waals surface area contributed by atoms with E-state index >= 15 is 0 Å². The van der Waals surface area contributed by atoms with Crippen molar-refractivity contribution in [1.29, 1.82) is 0 Å². The number of fused-ring (bicyclic) bond motifs is 10. The maximum atomic E-state index is 2.44. The molecule has 0 saturated carbocycles. The van der Waals surface area contributed by atoms with Gasteiger partial charge in [-0.25, -0.2) is 0 Å². The largest absolute Gasteiger partial charge is 0.310 e. The van der Waals surface area contributed by atoms with Gasteiger partial charge in [-0.05, 0) is 90.3 Å². The SMILES string of the molecule is CC1(C)c2ccccc2-c2ccc(N(c3ccccc3)c3cccc4c3ccc3ccc5c6ccccc6ccc5c34)cc21. The number of nitrogens with zero attached hydrogens (tertiary/aromatic N) is 1. The van der Waals surface area contributed by atoms with Gasteiger partial charge in [-0.15, -0.1) is 0 Å². The molecule has 0 fully saturated rings. The maximum absolute atomic E-state index is 2.44. The van der Waals surface area contributed by atoms with E-state index in [0.29, 0.717) is 0 Å². The van der Waals surface area contributed by atoms with Gasteiger partial charge in [0.05, 0.1) is 5.69 Å². The van der Waals surface area contributed by atoms with E-state index in [1.807, 2.05) is 0 Å². The van der Waals surface area contributed by atoms with Gasteiger partial charge in [0, 0.05) is 22.2 Å². The van der Waals surface area contributed by atoms with E-state index in [-0.39, 0.29) is 5.41 Å². The molecule has 0 spiro atoms. The summed E-state index contributed by atoms with van der Waals surface area (Å²) in [6, 6.07) is 55.9. The van der Waals surface area contributed by atoms with E-state index in [1.165, 1.54) is 76.7 Å². The smallest absolute Gasteiger partial charge is 0.0540 e. The second-order valence-electron chi connectivity index (χ2n) is 12.6. The fraction of sp³-hybridized carbons (Fsp3) is 0.0698. The monoisotopic (exact) mass is 561 g/mol. The molecule has 208 valence electrons. The fourth-order valence-electron chi connectivity index (χ4n) is 7.69. The van der Waals surface area contributed by atoms with Gasteiger partial charge in [0.2, 0.25) is 0 Å². The van der Waals surface area contributed by atoms with Crippen LogP contribution >= 0.6 is 0 Å². The van der Waals surface area contributed by atoms with Crippen molar-refractivity contribution in [3.05, 3.63) is 163 Å². The topological polar surface area (TPSA) is 3.24 Å². The predicted molar refractivity (Wildman–Crippen MR) is 189 cm³/mol. The van der Waals surface area contributed by atoms with Gasteiger partial charge in [0.1, 0.15) is 0 Å². The Balaban J connectivity index is 1.31. The standard InChI is InChI=1S/C43H31N/c1-43(2)39-17-9-8-15-34(39)35-26-22-31(27-40(35)43)44(30-12-4-3-5-13-30)41-18-10-16-37-36(41)24-21-29-20-23-33-32-14-7-6-11-28(32)19-25-38(33)42(29)37/h3-27H,1-2H3. The van der Waals surface area contributed by atoms with Crippen molar-refractivity contribution in [3.8, 4) is 11.1 Å². The molecule has 0 radical (unpaired) electrons. The predicted octanol–water partition coefficient (Wildman–Crippen LogP) is 12.1. The van der Waals surface area contributed by atoms with E-state index in [9.17, 15) is 0 Å². The average molecular weight is 562 g/mol. The second-order valence-corrected chi connectivity index (χ2v) is 12.6. The van der Waals surface area contributed by atoms with E-state index in [0.717, 1.165) is 5.69 Å². The number of benzene rings is 8. The molecule has 1 aliphatic rings. The van der Waals surface area contributed by atoms with Crippen molar-refractivity contribution in [2.45, 2.75) is 19.3 Å². The third kappa shape index (κ3) is 3.53. The molecule has 1 aliphatic carbocycles. The van der Waals surface area contributed by atoms with Crippen LogP contribution in [0.1, 0.15) is 25.0 Å². The first-order chi connectivity index (χ1) is 21.6. The molecule has 1 nitrogen and oxygen atoms in total. The molecule has 0 unspecified atom stereocenters. The molecule has 0 aromatic heterocycles. The summed E-state index contributed by atoms with van der Waals surface area (Å²) in [7, 11) is 0. The van der Waals surface area contributed by atoms with Crippen molar-refractivity contribution in [2.24, 2.45) is 0 Å². The van der Waals surface area contributed by atoms with Crippen molar-refractivity contribution in [2.75, 3.05) is 4.90 Å². The highest BCUT2D eigenvalue weighted by Crippen LogP contribution is 2.51. The molecule has 0 N–H and O–H groups in total. The Labute approximate surface area is 257 Å². The zero-order chi connectivity index (χ0) is 29.4. The number of anilines is 3. The van der Waals surface area contributed by atoms with E-state index in [1.54, 1.807) is 0 Å². The summed E-state index contributed by atoms with van der Waals surface area (Å²) in [5.41, 5.74) is 8.90. The van der Waals surface area contributed by atoms with Crippen LogP contribution in [-0.2, 0) is 5.41 Å². The summed E-state index contributed by atoms with van der Waals surface area (Å²) >= 11 is 0. The Hall–Kier alpha value is -5.40. The van der Waals surface area contributed by atoms with Crippen LogP contribution in [0.5, 0.6) is 0 Å².